The smallest absolute Gasteiger partial charge is 1.00 e. The van der Waals surface area contributed by atoms with Gasteiger partial charge in [-0.05, 0) is 110 Å². The van der Waals surface area contributed by atoms with Crippen LogP contribution in [-0.2, 0) is 18.8 Å². The monoisotopic (exact) mass is 1160 g/mol. The number of hydrogen-bond acceptors (Lipinski definition) is 21. The van der Waals surface area contributed by atoms with E-state index in [-0.39, 0.29) is 146 Å². The van der Waals surface area contributed by atoms with Gasteiger partial charge in [0.2, 0.25) is 17.7 Å². The van der Waals surface area contributed by atoms with Crippen molar-refractivity contribution in [2.45, 2.75) is 0 Å². The first kappa shape index (κ1) is 70.7. The second-order valence-electron chi connectivity index (χ2n) is 17.2. The van der Waals surface area contributed by atoms with Gasteiger partial charge < -0.3 is 62.0 Å². The third kappa shape index (κ3) is 24.3. The van der Waals surface area contributed by atoms with Gasteiger partial charge in [0.1, 0.15) is 20.0 Å². The van der Waals surface area contributed by atoms with Gasteiger partial charge in [0, 0.05) is 67.3 Å². The number of nitrogens with one attached hydrogen (secondary N) is 5. The molecule has 406 valence electrons. The molecule has 0 aliphatic heterocycles. The molecule has 0 bridgehead atoms. The maximum atomic E-state index is 14.5. The summed E-state index contributed by atoms with van der Waals surface area (Å²) in [7, 11) is 6.49. The maximum absolute atomic E-state index is 14.5. The number of nitro groups is 2. The van der Waals surface area contributed by atoms with Crippen molar-refractivity contribution in [3.8, 4) is 0 Å². The number of carbonyl (C=O) groups excluding carboxylic acids is 1. The molecule has 6 rings (SSSR count). The summed E-state index contributed by atoms with van der Waals surface area (Å²) in [5.41, 5.74) is 1.13. The third-order valence-electron chi connectivity index (χ3n) is 9.93. The molecule has 5 N–H and O–H groups in total. The minimum Gasteiger partial charge on any atom is -1.00 e. The van der Waals surface area contributed by atoms with Crippen LogP contribution in [0.2, 0.25) is 0 Å². The van der Waals surface area contributed by atoms with Crippen LogP contribution >= 0.6 is 14.3 Å². The molecule has 4 aromatic carbocycles. The van der Waals surface area contributed by atoms with Crippen molar-refractivity contribution in [2.75, 3.05) is 121 Å². The van der Waals surface area contributed by atoms with Crippen molar-refractivity contribution < 1.29 is 151 Å². The molecule has 0 saturated heterocycles. The van der Waals surface area contributed by atoms with Crippen LogP contribution in [0.4, 0.5) is 76.5 Å². The molecule has 23 nitrogen and oxygen atoms in total. The van der Waals surface area contributed by atoms with Gasteiger partial charge >= 0.3 is 108 Å². The van der Waals surface area contributed by atoms with Crippen LogP contribution in [0.3, 0.4) is 0 Å². The Morgan fingerprint density at radius 1 is 0.636 bits per heavy atom. The number of aromatic nitrogens is 4. The Morgan fingerprint density at radius 2 is 1.05 bits per heavy atom. The molecule has 0 unspecified atom stereocenters. The Hall–Kier alpha value is -4.33. The molecule has 2 heterocycles. The Bertz CT molecular complexity index is 2990. The normalized spacial score (nSPS) is 10.6. The quantitative estimate of drug-likeness (QED) is 0.0178. The third-order valence-corrected chi connectivity index (χ3v) is 13.0. The first-order chi connectivity index (χ1) is 35.3. The Morgan fingerprint density at radius 3 is 1.43 bits per heavy atom. The minimum absolute atomic E-state index is 0. The molecule has 30 heteroatoms. The standard InChI is InChI=1S/C23H29FN7O3P.C18H16F2N5O3P.C5H14N2.CH2O3.2K.H/c1-29(2)12-13-30(3)19-11-10-16(14-20(19)31(32)33)26-23-25-15-17(24)22(28-23)27-18-8-6-7-9-21(18)35(4,5)34;1-29(2,28)16-6-4-3-5-14(16)23-17-13(20)10-21-18(24-17)22-11-7-8-12(19)15(9-11)25(26)27;1-6-4-5-7(2)3;2-1-4-3;;;/h6-11,14-15H,12-13H2,1-5H3,(H2,25,26,27,28);3-10H,1-2H3,(H2,21,22,23,24);6H,4-5H2,1-3H3;1,3H;;;/q;;;;2*+1;-1/p-1. The van der Waals surface area contributed by atoms with Gasteiger partial charge in [-0.2, -0.15) is 14.4 Å². The second kappa shape index (κ2) is 34.6. The fraction of sp³-hybridized carbons (Fsp3) is 0.298. The Labute approximate surface area is 531 Å². The van der Waals surface area contributed by atoms with Crippen molar-refractivity contribution >= 4 is 94.7 Å². The van der Waals surface area contributed by atoms with E-state index in [1.807, 2.05) is 30.9 Å². The van der Waals surface area contributed by atoms with Crippen LogP contribution in [0.5, 0.6) is 0 Å². The molecule has 2 aromatic heterocycles. The van der Waals surface area contributed by atoms with E-state index in [4.69, 9.17) is 10.1 Å². The number of rotatable bonds is 20. The molecule has 0 amide bonds. The van der Waals surface area contributed by atoms with Crippen LogP contribution in [0.15, 0.2) is 97.3 Å². The molecule has 0 atom stereocenters. The molecule has 0 spiro atoms. The number of likely N-dealkylation sites (N-methyl/N-ethyl adjacent to an activating group) is 4. The SMILES string of the molecule is CN(C)CCN(C)c1ccc(Nc2ncc(F)c(Nc3ccccc3P(C)(C)=O)n2)cc1[N+](=O)[O-].CNCCN(C)C.CP(C)(=O)c1ccccc1Nc1nc(Nc2ccc(F)c([N+](=O)[O-])c2)ncc1F.O=CO[O-].[H-].[K+].[K+]. The molecular weight excluding hydrogens is 1100 g/mol. The zero-order valence-electron chi connectivity index (χ0n) is 45.9. The molecule has 0 aliphatic carbocycles. The van der Waals surface area contributed by atoms with Gasteiger partial charge in [-0.3, -0.25) is 25.0 Å². The molecule has 0 fully saturated rings. The van der Waals surface area contributed by atoms with Gasteiger partial charge in [-0.25, -0.2) is 18.7 Å². The summed E-state index contributed by atoms with van der Waals surface area (Å²) in [5.74, 6) is -2.75. The van der Waals surface area contributed by atoms with E-state index in [2.05, 4.69) is 70.4 Å². The maximum Gasteiger partial charge on any atom is 1.00 e. The number of hydrogen-bond donors (Lipinski definition) is 5. The summed E-state index contributed by atoms with van der Waals surface area (Å²) in [6.45, 7) is 9.82. The van der Waals surface area contributed by atoms with Gasteiger partial charge in [0.15, 0.2) is 23.3 Å². The number of nitrogens with zero attached hydrogens (tertiary/aromatic N) is 9. The number of carbonyl (C=O) groups is 1. The van der Waals surface area contributed by atoms with Crippen LogP contribution in [0.1, 0.15) is 1.43 Å². The summed E-state index contributed by atoms with van der Waals surface area (Å²) in [6, 6.07) is 21.6. The molecule has 0 radical (unpaired) electrons. The van der Waals surface area contributed by atoms with E-state index in [1.54, 1.807) is 94.4 Å². The fourth-order valence-electron chi connectivity index (χ4n) is 6.25. The first-order valence-electron chi connectivity index (χ1n) is 22.3. The summed E-state index contributed by atoms with van der Waals surface area (Å²) in [4.78, 5) is 54.4. The van der Waals surface area contributed by atoms with Crippen LogP contribution in [0.25, 0.3) is 0 Å². The van der Waals surface area contributed by atoms with Crippen LogP contribution in [0, 0.1) is 37.7 Å². The average Bonchev–Trinajstić information content (AvgIpc) is 3.35. The van der Waals surface area contributed by atoms with Gasteiger partial charge in [-0.15, -0.1) is 0 Å². The largest absolute Gasteiger partial charge is 1.00 e. The van der Waals surface area contributed by atoms with Crippen molar-refractivity contribution in [1.29, 1.82) is 0 Å². The van der Waals surface area contributed by atoms with E-state index in [1.165, 1.54) is 12.1 Å². The van der Waals surface area contributed by atoms with E-state index < -0.39 is 47.3 Å². The molecule has 6 aromatic rings. The second-order valence-corrected chi connectivity index (χ2v) is 23.6. The van der Waals surface area contributed by atoms with Crippen molar-refractivity contribution in [1.82, 2.24) is 35.1 Å². The first-order valence-corrected chi connectivity index (χ1v) is 27.5. The zero-order valence-corrected chi connectivity index (χ0v) is 52.9. The number of benzene rings is 4. The molecule has 0 aliphatic rings. The van der Waals surface area contributed by atoms with E-state index in [9.17, 15) is 42.5 Å². The molecular formula is C47H61F3K2N14O9P2. The van der Waals surface area contributed by atoms with Gasteiger partial charge in [0.05, 0.1) is 33.6 Å². The predicted molar refractivity (Wildman–Crippen MR) is 287 cm³/mol. The Balaban J connectivity index is 0.00000125. The Kier molecular flexibility index (Phi) is 31.8. The van der Waals surface area contributed by atoms with Gasteiger partial charge in [0.25, 0.3) is 12.2 Å². The topological polar surface area (TPSA) is 291 Å². The van der Waals surface area contributed by atoms with E-state index in [0.717, 1.165) is 44.2 Å². The van der Waals surface area contributed by atoms with Crippen LogP contribution < -0.4 is 150 Å². The van der Waals surface area contributed by atoms with Crippen molar-refractivity contribution in [3.05, 3.63) is 135 Å². The average molecular weight is 1160 g/mol. The molecule has 77 heavy (non-hydrogen) atoms. The van der Waals surface area contributed by atoms with Crippen molar-refractivity contribution in [3.63, 3.8) is 0 Å². The predicted octanol–water partition coefficient (Wildman–Crippen LogP) is 0.978. The summed E-state index contributed by atoms with van der Waals surface area (Å²) < 4.78 is 67.3. The number of anilines is 9. The minimum atomic E-state index is -2.64. The van der Waals surface area contributed by atoms with Crippen LogP contribution in [-0.4, -0.2) is 141 Å². The number of halogens is 3. The van der Waals surface area contributed by atoms with Crippen molar-refractivity contribution in [2.24, 2.45) is 0 Å². The summed E-state index contributed by atoms with van der Waals surface area (Å²) in [6.07, 6.45) is 1.91. The molecule has 0 saturated carbocycles. The van der Waals surface area contributed by atoms with E-state index in [0.29, 0.717) is 39.9 Å². The summed E-state index contributed by atoms with van der Waals surface area (Å²) >= 11 is 0. The zero-order chi connectivity index (χ0) is 56.0. The van der Waals surface area contributed by atoms with Gasteiger partial charge in [-0.1, -0.05) is 24.3 Å². The number of para-hydroxylation sites is 2. The fourth-order valence-corrected chi connectivity index (χ4v) is 8.56. The summed E-state index contributed by atoms with van der Waals surface area (Å²) in [5, 5.41) is 46.4. The van der Waals surface area contributed by atoms with E-state index >= 15 is 0 Å². The number of nitro benzene ring substituents is 2.